The highest BCUT2D eigenvalue weighted by atomic mass is 32.1. The Labute approximate surface area is 128 Å². The summed E-state index contributed by atoms with van der Waals surface area (Å²) in [7, 11) is 0. The third kappa shape index (κ3) is 3.58. The van der Waals surface area contributed by atoms with E-state index in [2.05, 4.69) is 14.9 Å². The predicted octanol–water partition coefficient (Wildman–Crippen LogP) is 2.21. The quantitative estimate of drug-likeness (QED) is 0.869. The van der Waals surface area contributed by atoms with Crippen LogP contribution in [0.1, 0.15) is 61.8 Å². The number of rotatable bonds is 5. The van der Waals surface area contributed by atoms with Gasteiger partial charge in [-0.25, -0.2) is 0 Å². The van der Waals surface area contributed by atoms with Crippen LogP contribution < -0.4 is 5.32 Å². The highest BCUT2D eigenvalue weighted by molar-refractivity contribution is 7.08. The lowest BCUT2D eigenvalue weighted by Gasteiger charge is -2.40. The maximum Gasteiger partial charge on any atom is 0.303 e. The van der Waals surface area contributed by atoms with Gasteiger partial charge in [-0.3, -0.25) is 9.59 Å². The SMILES string of the molecule is CC(C)(C)c1nnsc1C(=O)NCC1(CC(=O)O)CCC1. The lowest BCUT2D eigenvalue weighted by Crippen LogP contribution is -2.43. The fraction of sp³-hybridized carbons (Fsp3) is 0.714. The summed E-state index contributed by atoms with van der Waals surface area (Å²) in [5.74, 6) is -1.01. The second kappa shape index (κ2) is 5.71. The molecule has 0 unspecified atom stereocenters. The van der Waals surface area contributed by atoms with Crippen molar-refractivity contribution in [2.24, 2.45) is 5.41 Å². The van der Waals surface area contributed by atoms with Crippen molar-refractivity contribution >= 4 is 23.4 Å². The maximum atomic E-state index is 12.3. The smallest absolute Gasteiger partial charge is 0.303 e. The first-order valence-electron chi connectivity index (χ1n) is 7.06. The van der Waals surface area contributed by atoms with Crippen molar-refractivity contribution in [3.8, 4) is 0 Å². The molecule has 0 aliphatic heterocycles. The van der Waals surface area contributed by atoms with Crippen LogP contribution in [0.25, 0.3) is 0 Å². The van der Waals surface area contributed by atoms with Crippen LogP contribution in [0.15, 0.2) is 0 Å². The normalized spacial score (nSPS) is 17.1. The summed E-state index contributed by atoms with van der Waals surface area (Å²) < 4.78 is 3.87. The summed E-state index contributed by atoms with van der Waals surface area (Å²) in [5, 5.41) is 15.9. The molecule has 1 amide bonds. The Hall–Kier alpha value is -1.50. The van der Waals surface area contributed by atoms with Gasteiger partial charge in [0.2, 0.25) is 0 Å². The molecule has 1 saturated carbocycles. The number of hydrogen-bond acceptors (Lipinski definition) is 5. The van der Waals surface area contributed by atoms with Crippen LogP contribution in [0.3, 0.4) is 0 Å². The summed E-state index contributed by atoms with van der Waals surface area (Å²) in [5.41, 5.74) is 0.169. The Bertz CT molecular complexity index is 544. The van der Waals surface area contributed by atoms with Crippen LogP contribution in [0.5, 0.6) is 0 Å². The van der Waals surface area contributed by atoms with Gasteiger partial charge in [-0.1, -0.05) is 31.7 Å². The monoisotopic (exact) mass is 311 g/mol. The van der Waals surface area contributed by atoms with Crippen molar-refractivity contribution in [2.75, 3.05) is 6.54 Å². The van der Waals surface area contributed by atoms with Gasteiger partial charge in [-0.05, 0) is 29.8 Å². The average Bonchev–Trinajstić information content (AvgIpc) is 2.80. The van der Waals surface area contributed by atoms with Crippen LogP contribution >= 0.6 is 11.5 Å². The molecule has 1 fully saturated rings. The molecule has 21 heavy (non-hydrogen) atoms. The number of carboxylic acid groups (broad SMARTS) is 1. The highest BCUT2D eigenvalue weighted by Gasteiger charge is 2.39. The Kier molecular flexibility index (Phi) is 4.32. The van der Waals surface area contributed by atoms with Crippen molar-refractivity contribution < 1.29 is 14.7 Å². The number of carbonyl (C=O) groups excluding carboxylic acids is 1. The van der Waals surface area contributed by atoms with Crippen molar-refractivity contribution in [3.05, 3.63) is 10.6 Å². The van der Waals surface area contributed by atoms with E-state index < -0.39 is 5.97 Å². The molecule has 116 valence electrons. The number of aliphatic carboxylic acids is 1. The second-order valence-corrected chi connectivity index (χ2v) is 7.56. The first-order valence-corrected chi connectivity index (χ1v) is 7.84. The van der Waals surface area contributed by atoms with E-state index in [0.29, 0.717) is 17.1 Å². The molecule has 6 nitrogen and oxygen atoms in total. The van der Waals surface area contributed by atoms with Crippen LogP contribution in [-0.4, -0.2) is 33.1 Å². The van der Waals surface area contributed by atoms with Gasteiger partial charge >= 0.3 is 5.97 Å². The van der Waals surface area contributed by atoms with Crippen LogP contribution in [0.2, 0.25) is 0 Å². The molecule has 7 heteroatoms. The topological polar surface area (TPSA) is 92.2 Å². The standard InChI is InChI=1S/C14H21N3O3S/c1-13(2,3)11-10(21-17-16-11)12(20)15-8-14(5-4-6-14)7-9(18)19/h4-8H2,1-3H3,(H,15,20)(H,18,19). The van der Waals surface area contributed by atoms with E-state index in [4.69, 9.17) is 5.11 Å². The predicted molar refractivity (Wildman–Crippen MR) is 79.5 cm³/mol. The Balaban J connectivity index is 2.02. The van der Waals surface area contributed by atoms with Gasteiger partial charge in [0.15, 0.2) is 0 Å². The van der Waals surface area contributed by atoms with Crippen LogP contribution in [0, 0.1) is 5.41 Å². The minimum Gasteiger partial charge on any atom is -0.481 e. The fourth-order valence-corrected chi connectivity index (χ4v) is 3.38. The second-order valence-electron chi connectivity index (χ2n) is 6.81. The lowest BCUT2D eigenvalue weighted by atomic mass is 9.66. The largest absolute Gasteiger partial charge is 0.481 e. The molecule has 1 aliphatic rings. The molecule has 0 saturated heterocycles. The zero-order valence-corrected chi connectivity index (χ0v) is 13.4. The molecule has 1 aliphatic carbocycles. The number of aromatic nitrogens is 2. The number of carboxylic acids is 1. The first-order chi connectivity index (χ1) is 9.73. The van der Waals surface area contributed by atoms with E-state index in [-0.39, 0.29) is 23.2 Å². The van der Waals surface area contributed by atoms with Crippen molar-refractivity contribution in [2.45, 2.75) is 51.9 Å². The minimum atomic E-state index is -0.807. The third-order valence-electron chi connectivity index (χ3n) is 3.97. The van der Waals surface area contributed by atoms with Crippen molar-refractivity contribution in [1.29, 1.82) is 0 Å². The van der Waals surface area contributed by atoms with Crippen LogP contribution in [-0.2, 0) is 10.2 Å². The van der Waals surface area contributed by atoms with Gasteiger partial charge in [-0.15, -0.1) is 5.10 Å². The number of amides is 1. The third-order valence-corrected chi connectivity index (χ3v) is 4.69. The Morgan fingerprint density at radius 1 is 1.38 bits per heavy atom. The zero-order valence-electron chi connectivity index (χ0n) is 12.6. The summed E-state index contributed by atoms with van der Waals surface area (Å²) in [4.78, 5) is 23.8. The van der Waals surface area contributed by atoms with E-state index in [1.54, 1.807) is 0 Å². The summed E-state index contributed by atoms with van der Waals surface area (Å²) >= 11 is 1.09. The highest BCUT2D eigenvalue weighted by Crippen LogP contribution is 2.43. The summed E-state index contributed by atoms with van der Waals surface area (Å²) in [6.07, 6.45) is 2.85. The van der Waals surface area contributed by atoms with Gasteiger partial charge in [-0.2, -0.15) is 0 Å². The molecule has 0 spiro atoms. The minimum absolute atomic E-state index is 0.111. The van der Waals surface area contributed by atoms with E-state index in [0.717, 1.165) is 30.8 Å². The Morgan fingerprint density at radius 3 is 2.52 bits per heavy atom. The fourth-order valence-electron chi connectivity index (χ4n) is 2.59. The maximum absolute atomic E-state index is 12.3. The molecular weight excluding hydrogens is 290 g/mol. The molecule has 1 aromatic rings. The van der Waals surface area contributed by atoms with Crippen LogP contribution in [0.4, 0.5) is 0 Å². The molecule has 2 rings (SSSR count). The molecule has 0 bridgehead atoms. The molecule has 1 aromatic heterocycles. The Morgan fingerprint density at radius 2 is 2.05 bits per heavy atom. The van der Waals surface area contributed by atoms with E-state index in [9.17, 15) is 9.59 Å². The number of nitrogens with zero attached hydrogens (tertiary/aromatic N) is 2. The first kappa shape index (κ1) is 15.9. The molecule has 1 heterocycles. The zero-order chi connectivity index (χ0) is 15.7. The number of nitrogens with one attached hydrogen (secondary N) is 1. The van der Waals surface area contributed by atoms with E-state index in [1.807, 2.05) is 20.8 Å². The number of carbonyl (C=O) groups is 2. The molecule has 2 N–H and O–H groups in total. The van der Waals surface area contributed by atoms with Crippen molar-refractivity contribution in [1.82, 2.24) is 14.9 Å². The molecule has 0 radical (unpaired) electrons. The molecule has 0 aromatic carbocycles. The van der Waals surface area contributed by atoms with E-state index in [1.165, 1.54) is 0 Å². The summed E-state index contributed by atoms with van der Waals surface area (Å²) in [6, 6.07) is 0. The number of hydrogen-bond donors (Lipinski definition) is 2. The van der Waals surface area contributed by atoms with Gasteiger partial charge < -0.3 is 10.4 Å². The molecule has 0 atom stereocenters. The van der Waals surface area contributed by atoms with Crippen molar-refractivity contribution in [3.63, 3.8) is 0 Å². The van der Waals surface area contributed by atoms with Gasteiger partial charge in [0.05, 0.1) is 12.1 Å². The van der Waals surface area contributed by atoms with Gasteiger partial charge in [0, 0.05) is 12.0 Å². The average molecular weight is 311 g/mol. The van der Waals surface area contributed by atoms with E-state index >= 15 is 0 Å². The van der Waals surface area contributed by atoms with Gasteiger partial charge in [0.25, 0.3) is 5.91 Å². The summed E-state index contributed by atoms with van der Waals surface area (Å²) in [6.45, 7) is 6.36. The molecular formula is C14H21N3O3S. The lowest BCUT2D eigenvalue weighted by molar-refractivity contribution is -0.141. The van der Waals surface area contributed by atoms with Gasteiger partial charge in [0.1, 0.15) is 4.88 Å².